The standard InChI is InChI=1S/C26H23N3O3/c1-17-6-8-19(9-7-17)25-27-21-11-10-20(16-22(21)28-25)26(31)32-15-13-24(30)29-14-12-18-4-2-3-5-23(18)29/h2-11,16H,12-15H2,1H3,(H,27,28). The summed E-state index contributed by atoms with van der Waals surface area (Å²) in [6.45, 7) is 2.76. The molecular formula is C26H23N3O3. The van der Waals surface area contributed by atoms with E-state index in [1.807, 2.05) is 55.5 Å². The number of amides is 1. The summed E-state index contributed by atoms with van der Waals surface area (Å²) < 4.78 is 5.38. The molecule has 0 radical (unpaired) electrons. The van der Waals surface area contributed by atoms with Crippen molar-refractivity contribution in [3.8, 4) is 11.4 Å². The lowest BCUT2D eigenvalue weighted by Gasteiger charge is -2.17. The fraction of sp³-hybridized carbons (Fsp3) is 0.192. The van der Waals surface area contributed by atoms with Gasteiger partial charge in [0.15, 0.2) is 0 Å². The quantitative estimate of drug-likeness (QED) is 0.471. The van der Waals surface area contributed by atoms with E-state index in [0.717, 1.165) is 34.5 Å². The van der Waals surface area contributed by atoms with E-state index in [2.05, 4.69) is 9.97 Å². The number of anilines is 1. The molecule has 3 aromatic carbocycles. The number of esters is 1. The molecule has 6 heteroatoms. The highest BCUT2D eigenvalue weighted by atomic mass is 16.5. The molecule has 1 N–H and O–H groups in total. The second-order valence-electron chi connectivity index (χ2n) is 7.99. The summed E-state index contributed by atoms with van der Waals surface area (Å²) in [7, 11) is 0. The number of imidazole rings is 1. The smallest absolute Gasteiger partial charge is 0.338 e. The Labute approximate surface area is 185 Å². The van der Waals surface area contributed by atoms with Crippen LogP contribution in [0, 0.1) is 6.92 Å². The van der Waals surface area contributed by atoms with Gasteiger partial charge in [-0.1, -0.05) is 48.0 Å². The number of aryl methyl sites for hydroxylation is 1. The first-order valence-electron chi connectivity index (χ1n) is 10.7. The molecule has 4 aromatic rings. The average Bonchev–Trinajstić information content (AvgIpc) is 3.43. The lowest BCUT2D eigenvalue weighted by molar-refractivity contribution is -0.119. The molecule has 0 bridgehead atoms. The average molecular weight is 425 g/mol. The first kappa shape index (κ1) is 20.0. The first-order chi connectivity index (χ1) is 15.6. The van der Waals surface area contributed by atoms with Crippen LogP contribution in [0.25, 0.3) is 22.4 Å². The molecule has 1 aliphatic rings. The van der Waals surface area contributed by atoms with Crippen LogP contribution in [0.3, 0.4) is 0 Å². The van der Waals surface area contributed by atoms with Crippen molar-refractivity contribution in [3.63, 3.8) is 0 Å². The van der Waals surface area contributed by atoms with E-state index in [4.69, 9.17) is 4.74 Å². The number of fused-ring (bicyclic) bond motifs is 2. The number of hydrogen-bond acceptors (Lipinski definition) is 4. The molecule has 2 heterocycles. The van der Waals surface area contributed by atoms with Gasteiger partial charge in [0.1, 0.15) is 12.4 Å². The fourth-order valence-electron chi connectivity index (χ4n) is 4.03. The zero-order valence-electron chi connectivity index (χ0n) is 17.8. The van der Waals surface area contributed by atoms with E-state index < -0.39 is 5.97 Å². The van der Waals surface area contributed by atoms with E-state index in [9.17, 15) is 9.59 Å². The zero-order chi connectivity index (χ0) is 22.1. The number of aromatic nitrogens is 2. The molecule has 0 aliphatic carbocycles. The SMILES string of the molecule is Cc1ccc(-c2nc3ccc(C(=O)OCCC(=O)N4CCc5ccccc54)cc3[nH]2)cc1. The number of rotatable bonds is 5. The first-order valence-corrected chi connectivity index (χ1v) is 10.7. The molecular weight excluding hydrogens is 402 g/mol. The molecule has 0 atom stereocenters. The highest BCUT2D eigenvalue weighted by molar-refractivity contribution is 5.96. The summed E-state index contributed by atoms with van der Waals surface area (Å²) in [4.78, 5) is 34.7. The number of para-hydroxylation sites is 1. The van der Waals surface area contributed by atoms with Crippen LogP contribution in [-0.4, -0.2) is 35.0 Å². The normalized spacial score (nSPS) is 12.7. The Kier molecular flexibility index (Phi) is 5.19. The minimum absolute atomic E-state index is 0.0329. The molecule has 5 rings (SSSR count). The van der Waals surface area contributed by atoms with Crippen LogP contribution in [0.4, 0.5) is 5.69 Å². The molecule has 1 aromatic heterocycles. The highest BCUT2D eigenvalue weighted by Crippen LogP contribution is 2.28. The van der Waals surface area contributed by atoms with Gasteiger partial charge in [-0.05, 0) is 43.2 Å². The van der Waals surface area contributed by atoms with Crippen molar-refractivity contribution in [3.05, 3.63) is 83.4 Å². The van der Waals surface area contributed by atoms with Crippen LogP contribution in [0.1, 0.15) is 27.9 Å². The minimum Gasteiger partial charge on any atom is -0.462 e. The van der Waals surface area contributed by atoms with Crippen LogP contribution >= 0.6 is 0 Å². The number of H-pyrrole nitrogens is 1. The van der Waals surface area contributed by atoms with Gasteiger partial charge in [0.2, 0.25) is 5.91 Å². The van der Waals surface area contributed by atoms with Crippen molar-refractivity contribution < 1.29 is 14.3 Å². The summed E-state index contributed by atoms with van der Waals surface area (Å²) in [5.41, 5.74) is 6.27. The van der Waals surface area contributed by atoms with Gasteiger partial charge >= 0.3 is 5.97 Å². The Morgan fingerprint density at radius 2 is 1.88 bits per heavy atom. The summed E-state index contributed by atoms with van der Waals surface area (Å²) in [6.07, 6.45) is 1.01. The fourth-order valence-corrected chi connectivity index (χ4v) is 4.03. The maximum absolute atomic E-state index is 12.6. The predicted octanol–water partition coefficient (Wildman–Crippen LogP) is 4.67. The second-order valence-corrected chi connectivity index (χ2v) is 7.99. The summed E-state index contributed by atoms with van der Waals surface area (Å²) in [5.74, 6) is 0.268. The summed E-state index contributed by atoms with van der Waals surface area (Å²) in [6, 6.07) is 21.2. The molecule has 0 spiro atoms. The minimum atomic E-state index is -0.451. The monoisotopic (exact) mass is 425 g/mol. The third-order valence-corrected chi connectivity index (χ3v) is 5.78. The van der Waals surface area contributed by atoms with Crippen LogP contribution in [0.2, 0.25) is 0 Å². The van der Waals surface area contributed by atoms with Crippen LogP contribution in [0.15, 0.2) is 66.7 Å². The van der Waals surface area contributed by atoms with Gasteiger partial charge in [0.05, 0.1) is 23.0 Å². The van der Waals surface area contributed by atoms with Crippen LogP contribution < -0.4 is 4.90 Å². The Balaban J connectivity index is 1.22. The Bertz CT molecular complexity index is 1310. The van der Waals surface area contributed by atoms with E-state index >= 15 is 0 Å². The van der Waals surface area contributed by atoms with Crippen LogP contribution in [-0.2, 0) is 16.0 Å². The molecule has 160 valence electrons. The van der Waals surface area contributed by atoms with Crippen molar-refractivity contribution in [1.29, 1.82) is 0 Å². The molecule has 1 amide bonds. The molecule has 0 saturated heterocycles. The van der Waals surface area contributed by atoms with Gasteiger partial charge in [-0.3, -0.25) is 4.79 Å². The topological polar surface area (TPSA) is 75.3 Å². The van der Waals surface area contributed by atoms with Crippen molar-refractivity contribution in [2.24, 2.45) is 0 Å². The van der Waals surface area contributed by atoms with Gasteiger partial charge in [0, 0.05) is 17.8 Å². The van der Waals surface area contributed by atoms with E-state index in [1.54, 1.807) is 23.1 Å². The lowest BCUT2D eigenvalue weighted by atomic mass is 10.1. The number of nitrogens with zero attached hydrogens (tertiary/aromatic N) is 2. The highest BCUT2D eigenvalue weighted by Gasteiger charge is 2.24. The van der Waals surface area contributed by atoms with Gasteiger partial charge in [0.25, 0.3) is 0 Å². The van der Waals surface area contributed by atoms with E-state index in [0.29, 0.717) is 12.1 Å². The molecule has 0 unspecified atom stereocenters. The van der Waals surface area contributed by atoms with Gasteiger partial charge in [-0.2, -0.15) is 0 Å². The Morgan fingerprint density at radius 1 is 1.06 bits per heavy atom. The maximum atomic E-state index is 12.6. The van der Waals surface area contributed by atoms with E-state index in [-0.39, 0.29) is 18.9 Å². The van der Waals surface area contributed by atoms with Crippen molar-refractivity contribution in [2.45, 2.75) is 19.8 Å². The number of nitrogens with one attached hydrogen (secondary N) is 1. The molecule has 6 nitrogen and oxygen atoms in total. The largest absolute Gasteiger partial charge is 0.462 e. The maximum Gasteiger partial charge on any atom is 0.338 e. The molecule has 1 aliphatic heterocycles. The third-order valence-electron chi connectivity index (χ3n) is 5.78. The Hall–Kier alpha value is -3.93. The number of ether oxygens (including phenoxy) is 1. The molecule has 0 fully saturated rings. The van der Waals surface area contributed by atoms with Gasteiger partial charge in [-0.25, -0.2) is 9.78 Å². The lowest BCUT2D eigenvalue weighted by Crippen LogP contribution is -2.29. The van der Waals surface area contributed by atoms with Crippen molar-refractivity contribution in [2.75, 3.05) is 18.1 Å². The number of hydrogen-bond donors (Lipinski definition) is 1. The number of benzene rings is 3. The van der Waals surface area contributed by atoms with Crippen molar-refractivity contribution in [1.82, 2.24) is 9.97 Å². The molecule has 0 saturated carbocycles. The summed E-state index contributed by atoms with van der Waals surface area (Å²) in [5, 5.41) is 0. The Morgan fingerprint density at radius 3 is 2.72 bits per heavy atom. The zero-order valence-corrected chi connectivity index (χ0v) is 17.8. The molecule has 32 heavy (non-hydrogen) atoms. The summed E-state index contributed by atoms with van der Waals surface area (Å²) >= 11 is 0. The second kappa shape index (κ2) is 8.30. The number of carbonyl (C=O) groups excluding carboxylic acids is 2. The third kappa shape index (κ3) is 3.87. The predicted molar refractivity (Wildman–Crippen MR) is 124 cm³/mol. The van der Waals surface area contributed by atoms with Crippen LogP contribution in [0.5, 0.6) is 0 Å². The van der Waals surface area contributed by atoms with Gasteiger partial charge in [-0.15, -0.1) is 0 Å². The van der Waals surface area contributed by atoms with Gasteiger partial charge < -0.3 is 14.6 Å². The van der Waals surface area contributed by atoms with Crippen molar-refractivity contribution >= 4 is 28.6 Å². The number of aromatic amines is 1. The van der Waals surface area contributed by atoms with E-state index in [1.165, 1.54) is 11.1 Å². The number of carbonyl (C=O) groups is 2.